The maximum Gasteiger partial charge on any atom is 0.225 e. The van der Waals surface area contributed by atoms with Crippen molar-refractivity contribution < 1.29 is 14.3 Å². The maximum absolute atomic E-state index is 12.5. The molecule has 0 radical (unpaired) electrons. The van der Waals surface area contributed by atoms with Crippen LogP contribution in [0.25, 0.3) is 0 Å². The Morgan fingerprint density at radius 2 is 1.50 bits per heavy atom. The molecule has 0 aromatic heterocycles. The molecule has 0 heterocycles. The molecular weight excluding hydrogens is 350 g/mol. The molecule has 2 aromatic carbocycles. The van der Waals surface area contributed by atoms with Crippen LogP contribution >= 0.6 is 0 Å². The van der Waals surface area contributed by atoms with Gasteiger partial charge in [-0.1, -0.05) is 48.5 Å². The summed E-state index contributed by atoms with van der Waals surface area (Å²) < 4.78 is 11.0. The highest BCUT2D eigenvalue weighted by molar-refractivity contribution is 5.76. The summed E-state index contributed by atoms with van der Waals surface area (Å²) in [5.41, 5.74) is 5.78. The first kappa shape index (κ1) is 19.2. The molecule has 3 aliphatic rings. The minimum atomic E-state index is -0.459. The van der Waals surface area contributed by atoms with E-state index in [1.807, 2.05) is 13.8 Å². The number of nitrogens with one attached hydrogen (secondary N) is 1. The summed E-state index contributed by atoms with van der Waals surface area (Å²) in [7, 11) is 0. The second-order valence-electron chi connectivity index (χ2n) is 7.63. The predicted octanol–water partition coefficient (Wildman–Crippen LogP) is 4.19. The van der Waals surface area contributed by atoms with Gasteiger partial charge in [0.15, 0.2) is 6.29 Å². The van der Waals surface area contributed by atoms with Crippen molar-refractivity contribution in [2.45, 2.75) is 44.8 Å². The third-order valence-electron chi connectivity index (χ3n) is 6.04. The Kier molecular flexibility index (Phi) is 5.79. The number of fused-ring (bicyclic) bond motifs is 1. The van der Waals surface area contributed by atoms with E-state index in [-0.39, 0.29) is 12.3 Å². The molecule has 0 fully saturated rings. The van der Waals surface area contributed by atoms with E-state index in [4.69, 9.17) is 9.47 Å². The molecule has 4 heteroatoms. The van der Waals surface area contributed by atoms with Crippen molar-refractivity contribution >= 4 is 5.91 Å². The van der Waals surface area contributed by atoms with Gasteiger partial charge in [0.1, 0.15) is 0 Å². The fraction of sp³-hybridized carbons (Fsp3) is 0.458. The predicted molar refractivity (Wildman–Crippen MR) is 109 cm³/mol. The molecule has 0 unspecified atom stereocenters. The van der Waals surface area contributed by atoms with Gasteiger partial charge in [-0.05, 0) is 48.4 Å². The molecule has 1 amide bonds. The second-order valence-corrected chi connectivity index (χ2v) is 7.63. The first-order valence-electron chi connectivity index (χ1n) is 10.4. The van der Waals surface area contributed by atoms with Gasteiger partial charge in [0.05, 0.1) is 6.42 Å². The quantitative estimate of drug-likeness (QED) is 0.700. The molecule has 2 aromatic rings. The Hall–Kier alpha value is -2.17. The molecule has 0 aliphatic heterocycles. The van der Waals surface area contributed by atoms with Crippen molar-refractivity contribution in [3.8, 4) is 0 Å². The van der Waals surface area contributed by atoms with Gasteiger partial charge >= 0.3 is 0 Å². The van der Waals surface area contributed by atoms with Crippen molar-refractivity contribution in [2.24, 2.45) is 5.92 Å². The summed E-state index contributed by atoms with van der Waals surface area (Å²) in [6.07, 6.45) is 0.869. The summed E-state index contributed by atoms with van der Waals surface area (Å²) in [5.74, 6) is 1.19. The Labute approximate surface area is 167 Å². The van der Waals surface area contributed by atoms with E-state index in [0.29, 0.717) is 37.5 Å². The van der Waals surface area contributed by atoms with E-state index in [1.165, 1.54) is 22.3 Å². The van der Waals surface area contributed by atoms with E-state index in [1.54, 1.807) is 0 Å². The van der Waals surface area contributed by atoms with Gasteiger partial charge in [-0.15, -0.1) is 0 Å². The van der Waals surface area contributed by atoms with Crippen molar-refractivity contribution in [2.75, 3.05) is 19.8 Å². The Morgan fingerprint density at radius 3 is 2.04 bits per heavy atom. The highest BCUT2D eigenvalue weighted by Gasteiger charge is 2.42. The monoisotopic (exact) mass is 379 g/mol. The zero-order valence-corrected chi connectivity index (χ0v) is 16.7. The Balaban J connectivity index is 1.48. The van der Waals surface area contributed by atoms with Gasteiger partial charge in [0.2, 0.25) is 5.91 Å². The van der Waals surface area contributed by atoms with Gasteiger partial charge in [0.25, 0.3) is 0 Å². The SMILES string of the molecule is CCOC(CC(=O)NC[C@@H]1CC2c3ccccc3C1c1ccccc12)OCC. The topological polar surface area (TPSA) is 47.6 Å². The fourth-order valence-corrected chi connectivity index (χ4v) is 4.97. The van der Waals surface area contributed by atoms with Crippen LogP contribution < -0.4 is 5.32 Å². The third-order valence-corrected chi connectivity index (χ3v) is 6.04. The number of carbonyl (C=O) groups excluding carboxylic acids is 1. The second kappa shape index (κ2) is 8.46. The minimum absolute atomic E-state index is 0.00471. The highest BCUT2D eigenvalue weighted by atomic mass is 16.7. The zero-order chi connectivity index (χ0) is 19.5. The summed E-state index contributed by atoms with van der Waals surface area (Å²) in [4.78, 5) is 12.5. The van der Waals surface area contributed by atoms with Crippen LogP contribution in [0.2, 0.25) is 0 Å². The number of hydrogen-bond donors (Lipinski definition) is 1. The van der Waals surface area contributed by atoms with Crippen LogP contribution in [-0.2, 0) is 14.3 Å². The molecular formula is C24H29NO3. The lowest BCUT2D eigenvalue weighted by atomic mass is 9.59. The maximum atomic E-state index is 12.5. The van der Waals surface area contributed by atoms with Gasteiger partial charge in [0, 0.05) is 31.6 Å². The van der Waals surface area contributed by atoms with Gasteiger partial charge in [-0.2, -0.15) is 0 Å². The van der Waals surface area contributed by atoms with Crippen LogP contribution in [0.3, 0.4) is 0 Å². The molecule has 0 spiro atoms. The van der Waals surface area contributed by atoms with Crippen LogP contribution in [0.4, 0.5) is 0 Å². The Morgan fingerprint density at radius 1 is 0.964 bits per heavy atom. The van der Waals surface area contributed by atoms with Crippen molar-refractivity contribution in [1.29, 1.82) is 0 Å². The van der Waals surface area contributed by atoms with Crippen LogP contribution in [0.1, 0.15) is 60.8 Å². The van der Waals surface area contributed by atoms with E-state index in [2.05, 4.69) is 53.8 Å². The number of hydrogen-bond acceptors (Lipinski definition) is 3. The van der Waals surface area contributed by atoms with Crippen LogP contribution in [0.15, 0.2) is 48.5 Å². The minimum Gasteiger partial charge on any atom is -0.356 e. The van der Waals surface area contributed by atoms with Gasteiger partial charge in [-0.25, -0.2) is 0 Å². The van der Waals surface area contributed by atoms with Crippen LogP contribution in [0, 0.1) is 5.92 Å². The Bertz CT molecular complexity index is 781. The smallest absolute Gasteiger partial charge is 0.225 e. The van der Waals surface area contributed by atoms with Crippen LogP contribution in [0.5, 0.6) is 0 Å². The number of ether oxygens (including phenoxy) is 2. The van der Waals surface area contributed by atoms with E-state index < -0.39 is 6.29 Å². The molecule has 1 N–H and O–H groups in total. The summed E-state index contributed by atoms with van der Waals surface area (Å²) >= 11 is 0. The molecule has 3 aliphatic carbocycles. The largest absolute Gasteiger partial charge is 0.356 e. The van der Waals surface area contributed by atoms with E-state index in [0.717, 1.165) is 6.42 Å². The standard InChI is InChI=1S/C24H29NO3/c1-3-27-23(28-4-2)14-22(26)25-15-16-13-21-17-9-5-7-11-19(17)24(16)20-12-8-6-10-18(20)21/h5-12,16,21,23-24H,3-4,13-15H2,1-2H3,(H,25,26)/t16-,21?,24?/m0/s1. The van der Waals surface area contributed by atoms with Crippen LogP contribution in [-0.4, -0.2) is 32.0 Å². The van der Waals surface area contributed by atoms with Crippen molar-refractivity contribution in [1.82, 2.24) is 5.32 Å². The zero-order valence-electron chi connectivity index (χ0n) is 16.7. The van der Waals surface area contributed by atoms with E-state index in [9.17, 15) is 4.79 Å². The molecule has 4 nitrogen and oxygen atoms in total. The van der Waals surface area contributed by atoms with E-state index >= 15 is 0 Å². The molecule has 1 atom stereocenters. The first-order chi connectivity index (χ1) is 13.7. The summed E-state index contributed by atoms with van der Waals surface area (Å²) in [6, 6.07) is 17.6. The number of benzene rings is 2. The lowest BCUT2D eigenvalue weighted by Crippen LogP contribution is -2.40. The number of amides is 1. The molecule has 0 saturated carbocycles. The third kappa shape index (κ3) is 3.59. The van der Waals surface area contributed by atoms with Crippen molar-refractivity contribution in [3.05, 3.63) is 70.8 Å². The van der Waals surface area contributed by atoms with Crippen molar-refractivity contribution in [3.63, 3.8) is 0 Å². The normalized spacial score (nSPS) is 22.0. The molecule has 28 heavy (non-hydrogen) atoms. The molecule has 0 saturated heterocycles. The first-order valence-corrected chi connectivity index (χ1v) is 10.4. The van der Waals surface area contributed by atoms with Gasteiger partial charge < -0.3 is 14.8 Å². The average Bonchev–Trinajstić information content (AvgIpc) is 2.73. The fourth-order valence-electron chi connectivity index (χ4n) is 4.97. The molecule has 148 valence electrons. The number of carbonyl (C=O) groups is 1. The highest BCUT2D eigenvalue weighted by Crippen LogP contribution is 2.55. The lowest BCUT2D eigenvalue weighted by molar-refractivity contribution is -0.153. The molecule has 2 bridgehead atoms. The lowest BCUT2D eigenvalue weighted by Gasteiger charge is -2.45. The summed E-state index contributed by atoms with van der Waals surface area (Å²) in [6.45, 7) is 5.60. The number of rotatable bonds is 8. The average molecular weight is 380 g/mol. The summed E-state index contributed by atoms with van der Waals surface area (Å²) in [5, 5.41) is 3.15. The van der Waals surface area contributed by atoms with Gasteiger partial charge in [-0.3, -0.25) is 4.79 Å². The molecule has 5 rings (SSSR count).